The van der Waals surface area contributed by atoms with Crippen molar-refractivity contribution in [1.82, 2.24) is 4.72 Å². The normalized spacial score (nSPS) is 16.3. The first-order chi connectivity index (χ1) is 10.0. The first-order valence-electron chi connectivity index (χ1n) is 6.94. The summed E-state index contributed by atoms with van der Waals surface area (Å²) in [6, 6.07) is 3.60. The standard InChI is InChI=1S/C15H18FNO3S/c16-14-11-12(5-4-10-18)8-9-15(14)21(19,20)17-13-6-2-1-3-7-13/h8-9,11,13,17-18H,1-3,6-7,10H2. The Balaban J connectivity index is 2.19. The van der Waals surface area contributed by atoms with E-state index in [1.165, 1.54) is 12.1 Å². The molecule has 4 nitrogen and oxygen atoms in total. The molecule has 0 aliphatic heterocycles. The molecule has 0 spiro atoms. The van der Waals surface area contributed by atoms with E-state index in [0.29, 0.717) is 5.56 Å². The molecule has 1 aromatic rings. The average Bonchev–Trinajstić information content (AvgIpc) is 2.45. The fraction of sp³-hybridized carbons (Fsp3) is 0.467. The second kappa shape index (κ2) is 7.03. The topological polar surface area (TPSA) is 66.4 Å². The highest BCUT2D eigenvalue weighted by Gasteiger charge is 2.24. The molecule has 1 aliphatic rings. The van der Waals surface area contributed by atoms with Crippen LogP contribution in [-0.2, 0) is 10.0 Å². The molecular formula is C15H18FNO3S. The van der Waals surface area contributed by atoms with E-state index in [1.54, 1.807) is 0 Å². The van der Waals surface area contributed by atoms with Crippen molar-refractivity contribution in [3.05, 3.63) is 29.6 Å². The van der Waals surface area contributed by atoms with Gasteiger partial charge in [0.1, 0.15) is 17.3 Å². The number of hydrogen-bond donors (Lipinski definition) is 2. The van der Waals surface area contributed by atoms with Gasteiger partial charge in [0.2, 0.25) is 10.0 Å². The van der Waals surface area contributed by atoms with Gasteiger partial charge in [-0.1, -0.05) is 31.1 Å². The molecule has 2 rings (SSSR count). The molecule has 0 bridgehead atoms. The Morgan fingerprint density at radius 3 is 2.62 bits per heavy atom. The number of rotatable bonds is 3. The van der Waals surface area contributed by atoms with Gasteiger partial charge in [-0.2, -0.15) is 0 Å². The van der Waals surface area contributed by atoms with Crippen molar-refractivity contribution in [3.8, 4) is 11.8 Å². The first-order valence-corrected chi connectivity index (χ1v) is 8.43. The van der Waals surface area contributed by atoms with Crippen LogP contribution in [0.1, 0.15) is 37.7 Å². The summed E-state index contributed by atoms with van der Waals surface area (Å²) in [4.78, 5) is -0.359. The number of hydrogen-bond acceptors (Lipinski definition) is 3. The van der Waals surface area contributed by atoms with E-state index in [0.717, 1.165) is 38.2 Å². The molecule has 0 amide bonds. The fourth-order valence-electron chi connectivity index (χ4n) is 2.44. The summed E-state index contributed by atoms with van der Waals surface area (Å²) in [5, 5.41) is 8.59. The van der Waals surface area contributed by atoms with Gasteiger partial charge in [0.25, 0.3) is 0 Å². The van der Waals surface area contributed by atoms with E-state index in [2.05, 4.69) is 16.6 Å². The lowest BCUT2D eigenvalue weighted by atomic mass is 9.96. The van der Waals surface area contributed by atoms with Crippen molar-refractivity contribution in [2.75, 3.05) is 6.61 Å². The summed E-state index contributed by atoms with van der Waals surface area (Å²) in [7, 11) is -3.85. The summed E-state index contributed by atoms with van der Waals surface area (Å²) in [6.45, 7) is -0.328. The SMILES string of the molecule is O=S(=O)(NC1CCCCC1)c1ccc(C#CCO)cc1F. The van der Waals surface area contributed by atoms with Crippen LogP contribution < -0.4 is 4.72 Å². The van der Waals surface area contributed by atoms with Gasteiger partial charge >= 0.3 is 0 Å². The van der Waals surface area contributed by atoms with E-state index >= 15 is 0 Å². The molecule has 1 saturated carbocycles. The van der Waals surface area contributed by atoms with Crippen LogP contribution in [0.2, 0.25) is 0 Å². The van der Waals surface area contributed by atoms with Crippen molar-refractivity contribution in [2.45, 2.75) is 43.0 Å². The molecule has 114 valence electrons. The van der Waals surface area contributed by atoms with Gasteiger partial charge < -0.3 is 5.11 Å². The van der Waals surface area contributed by atoms with E-state index in [-0.39, 0.29) is 17.5 Å². The van der Waals surface area contributed by atoms with Crippen molar-refractivity contribution >= 4 is 10.0 Å². The summed E-state index contributed by atoms with van der Waals surface area (Å²) in [5.41, 5.74) is 0.332. The minimum Gasteiger partial charge on any atom is -0.384 e. The van der Waals surface area contributed by atoms with Crippen LogP contribution in [0, 0.1) is 17.7 Å². The van der Waals surface area contributed by atoms with Crippen LogP contribution in [0.25, 0.3) is 0 Å². The molecule has 0 atom stereocenters. The smallest absolute Gasteiger partial charge is 0.243 e. The summed E-state index contributed by atoms with van der Waals surface area (Å²) in [6.07, 6.45) is 4.68. The highest BCUT2D eigenvalue weighted by atomic mass is 32.2. The number of sulfonamides is 1. The quantitative estimate of drug-likeness (QED) is 0.836. The third-order valence-corrected chi connectivity index (χ3v) is 5.01. The van der Waals surface area contributed by atoms with Gasteiger partial charge in [0.05, 0.1) is 0 Å². The zero-order valence-corrected chi connectivity index (χ0v) is 12.4. The summed E-state index contributed by atoms with van der Waals surface area (Å²) < 4.78 is 41.0. The fourth-order valence-corrected chi connectivity index (χ4v) is 3.81. The Morgan fingerprint density at radius 2 is 2.00 bits per heavy atom. The van der Waals surface area contributed by atoms with E-state index in [4.69, 9.17) is 5.11 Å². The monoisotopic (exact) mass is 311 g/mol. The van der Waals surface area contributed by atoms with Gasteiger partial charge in [0.15, 0.2) is 0 Å². The highest BCUT2D eigenvalue weighted by Crippen LogP contribution is 2.21. The lowest BCUT2D eigenvalue weighted by Crippen LogP contribution is -2.36. The molecule has 1 aromatic carbocycles. The lowest BCUT2D eigenvalue weighted by molar-refractivity contribution is 0.350. The number of aliphatic hydroxyl groups is 1. The highest BCUT2D eigenvalue weighted by molar-refractivity contribution is 7.89. The second-order valence-electron chi connectivity index (χ2n) is 5.06. The molecule has 1 aliphatic carbocycles. The molecular weight excluding hydrogens is 293 g/mol. The third kappa shape index (κ3) is 4.27. The third-order valence-electron chi connectivity index (χ3n) is 3.46. The minimum absolute atomic E-state index is 0.114. The molecule has 0 aromatic heterocycles. The molecule has 1 fully saturated rings. The van der Waals surface area contributed by atoms with Crippen LogP contribution in [0.15, 0.2) is 23.1 Å². The van der Waals surface area contributed by atoms with Crippen LogP contribution in [0.3, 0.4) is 0 Å². The zero-order chi connectivity index (χ0) is 15.3. The minimum atomic E-state index is -3.85. The Labute approximate surface area is 124 Å². The van der Waals surface area contributed by atoms with Crippen LogP contribution in [-0.4, -0.2) is 26.2 Å². The van der Waals surface area contributed by atoms with Crippen molar-refractivity contribution in [1.29, 1.82) is 0 Å². The van der Waals surface area contributed by atoms with Crippen LogP contribution >= 0.6 is 0 Å². The zero-order valence-electron chi connectivity index (χ0n) is 11.6. The Morgan fingerprint density at radius 1 is 1.29 bits per heavy atom. The molecule has 0 radical (unpaired) electrons. The molecule has 0 saturated heterocycles. The van der Waals surface area contributed by atoms with E-state index in [9.17, 15) is 12.8 Å². The number of halogens is 1. The molecule has 0 heterocycles. The lowest BCUT2D eigenvalue weighted by Gasteiger charge is -2.22. The maximum Gasteiger partial charge on any atom is 0.243 e. The van der Waals surface area contributed by atoms with Crippen LogP contribution in [0.4, 0.5) is 4.39 Å². The predicted octanol–water partition coefficient (Wildman–Crippen LogP) is 1.78. The Hall–Kier alpha value is -1.42. The van der Waals surface area contributed by atoms with Gasteiger partial charge in [-0.15, -0.1) is 0 Å². The largest absolute Gasteiger partial charge is 0.384 e. The van der Waals surface area contributed by atoms with Gasteiger partial charge in [-0.25, -0.2) is 17.5 Å². The molecule has 2 N–H and O–H groups in total. The Kier molecular flexibility index (Phi) is 5.34. The van der Waals surface area contributed by atoms with Gasteiger partial charge in [0, 0.05) is 11.6 Å². The van der Waals surface area contributed by atoms with Crippen molar-refractivity contribution < 1.29 is 17.9 Å². The number of aliphatic hydroxyl groups excluding tert-OH is 1. The number of benzene rings is 1. The Bertz CT molecular complexity index is 655. The van der Waals surface area contributed by atoms with Crippen LogP contribution in [0.5, 0.6) is 0 Å². The molecule has 21 heavy (non-hydrogen) atoms. The van der Waals surface area contributed by atoms with Gasteiger partial charge in [-0.3, -0.25) is 0 Å². The van der Waals surface area contributed by atoms with Crippen molar-refractivity contribution in [3.63, 3.8) is 0 Å². The van der Waals surface area contributed by atoms with E-state index in [1.807, 2.05) is 0 Å². The second-order valence-corrected chi connectivity index (χ2v) is 6.74. The first kappa shape index (κ1) is 16.0. The van der Waals surface area contributed by atoms with E-state index < -0.39 is 15.8 Å². The summed E-state index contributed by atoms with van der Waals surface area (Å²) in [5.74, 6) is 4.10. The number of nitrogens with one attached hydrogen (secondary N) is 1. The molecule has 6 heteroatoms. The molecule has 0 unspecified atom stereocenters. The van der Waals surface area contributed by atoms with Gasteiger partial charge in [-0.05, 0) is 31.0 Å². The average molecular weight is 311 g/mol. The van der Waals surface area contributed by atoms with Crippen molar-refractivity contribution in [2.24, 2.45) is 0 Å². The maximum atomic E-state index is 14.0. The maximum absolute atomic E-state index is 14.0. The summed E-state index contributed by atoms with van der Waals surface area (Å²) >= 11 is 0. The predicted molar refractivity (Wildman–Crippen MR) is 77.6 cm³/mol.